The van der Waals surface area contributed by atoms with Gasteiger partial charge in [0.15, 0.2) is 0 Å². The zero-order valence-electron chi connectivity index (χ0n) is 10.4. The minimum Gasteiger partial charge on any atom is -0.493 e. The van der Waals surface area contributed by atoms with Gasteiger partial charge < -0.3 is 10.5 Å². The Balaban J connectivity index is 2.06. The van der Waals surface area contributed by atoms with Crippen LogP contribution in [-0.4, -0.2) is 11.6 Å². The molecule has 0 bridgehead atoms. The molecule has 2 heterocycles. The van der Waals surface area contributed by atoms with Gasteiger partial charge in [0, 0.05) is 11.3 Å². The topological polar surface area (TPSA) is 48.1 Å². The molecule has 0 saturated heterocycles. The van der Waals surface area contributed by atoms with E-state index >= 15 is 0 Å². The lowest BCUT2D eigenvalue weighted by Gasteiger charge is -2.18. The summed E-state index contributed by atoms with van der Waals surface area (Å²) in [4.78, 5) is 4.31. The summed E-state index contributed by atoms with van der Waals surface area (Å²) in [7, 11) is 0. The first-order valence-corrected chi connectivity index (χ1v) is 6.23. The molecule has 2 N–H and O–H groups in total. The van der Waals surface area contributed by atoms with Crippen LogP contribution in [-0.2, 0) is 6.42 Å². The maximum Gasteiger partial charge on any atom is 0.123 e. The average Bonchev–Trinajstić information content (AvgIpc) is 2.38. The molecular weight excluding hydrogens is 224 g/mol. The number of nitrogen functional groups attached to an aromatic ring is 1. The minimum atomic E-state index is 0.567. The number of fused-ring (bicyclic) bond motifs is 1. The van der Waals surface area contributed by atoms with Gasteiger partial charge in [-0.1, -0.05) is 6.07 Å². The predicted molar refractivity (Wildman–Crippen MR) is 72.6 cm³/mol. The number of hydrogen-bond donors (Lipinski definition) is 1. The summed E-state index contributed by atoms with van der Waals surface area (Å²) in [6, 6.07) is 10.2. The highest BCUT2D eigenvalue weighted by atomic mass is 16.5. The Bertz CT molecular complexity index is 593. The normalized spacial score (nSPS) is 13.8. The highest BCUT2D eigenvalue weighted by Crippen LogP contribution is 2.31. The van der Waals surface area contributed by atoms with Crippen LogP contribution >= 0.6 is 0 Å². The van der Waals surface area contributed by atoms with Crippen LogP contribution in [0, 0.1) is 6.92 Å². The number of nitrogens with two attached hydrogens (primary N) is 1. The third kappa shape index (κ3) is 1.92. The lowest BCUT2D eigenvalue weighted by atomic mass is 9.98. The number of aryl methyl sites for hydroxylation is 2. The Labute approximate surface area is 107 Å². The summed E-state index contributed by atoms with van der Waals surface area (Å²) in [6.07, 6.45) is 2.18. The maximum absolute atomic E-state index is 5.69. The van der Waals surface area contributed by atoms with Crippen molar-refractivity contribution in [3.63, 3.8) is 0 Å². The molecular formula is C15H16N2O. The summed E-state index contributed by atoms with van der Waals surface area (Å²) in [5.74, 6) is 1.59. The molecule has 1 aromatic heterocycles. The van der Waals surface area contributed by atoms with Crippen LogP contribution in [0.5, 0.6) is 5.75 Å². The van der Waals surface area contributed by atoms with Gasteiger partial charge in [-0.3, -0.25) is 0 Å². The van der Waals surface area contributed by atoms with Crippen LogP contribution in [0.3, 0.4) is 0 Å². The largest absolute Gasteiger partial charge is 0.493 e. The summed E-state index contributed by atoms with van der Waals surface area (Å²) in [5, 5.41) is 0. The van der Waals surface area contributed by atoms with Crippen molar-refractivity contribution >= 4 is 5.82 Å². The van der Waals surface area contributed by atoms with E-state index in [0.29, 0.717) is 5.82 Å². The fraction of sp³-hybridized carbons (Fsp3) is 0.267. The van der Waals surface area contributed by atoms with Crippen LogP contribution in [0.25, 0.3) is 11.1 Å². The van der Waals surface area contributed by atoms with Gasteiger partial charge in [0.25, 0.3) is 0 Å². The smallest absolute Gasteiger partial charge is 0.123 e. The molecule has 0 aliphatic carbocycles. The Kier molecular flexibility index (Phi) is 2.67. The standard InChI is InChI=1S/C15H16N2O/c1-10-13(5-7-15(16)17-10)11-4-6-14-12(9-11)3-2-8-18-14/h4-7,9H,2-3,8H2,1H3,(H2,16,17). The van der Waals surface area contributed by atoms with E-state index in [2.05, 4.69) is 23.2 Å². The van der Waals surface area contributed by atoms with E-state index in [0.717, 1.165) is 36.5 Å². The lowest BCUT2D eigenvalue weighted by molar-refractivity contribution is 0.288. The van der Waals surface area contributed by atoms with Crippen LogP contribution in [0.15, 0.2) is 30.3 Å². The van der Waals surface area contributed by atoms with Gasteiger partial charge in [0.2, 0.25) is 0 Å². The molecule has 0 saturated carbocycles. The van der Waals surface area contributed by atoms with Gasteiger partial charge in [-0.2, -0.15) is 0 Å². The van der Waals surface area contributed by atoms with Gasteiger partial charge in [-0.05, 0) is 55.2 Å². The first kappa shape index (κ1) is 11.1. The van der Waals surface area contributed by atoms with Crippen LogP contribution < -0.4 is 10.5 Å². The number of benzene rings is 1. The molecule has 1 aliphatic rings. The quantitative estimate of drug-likeness (QED) is 0.833. The van der Waals surface area contributed by atoms with Crippen molar-refractivity contribution in [1.82, 2.24) is 4.98 Å². The van der Waals surface area contributed by atoms with E-state index in [1.165, 1.54) is 11.1 Å². The molecule has 18 heavy (non-hydrogen) atoms. The molecule has 3 rings (SSSR count). The monoisotopic (exact) mass is 240 g/mol. The Hall–Kier alpha value is -2.03. The number of ether oxygens (including phenoxy) is 1. The van der Waals surface area contributed by atoms with E-state index < -0.39 is 0 Å². The molecule has 2 aromatic rings. The van der Waals surface area contributed by atoms with E-state index in [-0.39, 0.29) is 0 Å². The zero-order chi connectivity index (χ0) is 12.5. The Morgan fingerprint density at radius 3 is 2.94 bits per heavy atom. The molecule has 1 aromatic carbocycles. The number of nitrogens with zero attached hydrogens (tertiary/aromatic N) is 1. The predicted octanol–water partition coefficient (Wildman–Crippen LogP) is 2.96. The van der Waals surface area contributed by atoms with Crippen molar-refractivity contribution in [3.05, 3.63) is 41.6 Å². The molecule has 0 fully saturated rings. The van der Waals surface area contributed by atoms with Crippen LogP contribution in [0.1, 0.15) is 17.7 Å². The van der Waals surface area contributed by atoms with Crippen molar-refractivity contribution < 1.29 is 4.74 Å². The van der Waals surface area contributed by atoms with Crippen LogP contribution in [0.4, 0.5) is 5.82 Å². The maximum atomic E-state index is 5.69. The van der Waals surface area contributed by atoms with Gasteiger partial charge in [0.05, 0.1) is 6.61 Å². The second-order valence-corrected chi connectivity index (χ2v) is 4.64. The summed E-state index contributed by atoms with van der Waals surface area (Å²) >= 11 is 0. The first-order chi connectivity index (χ1) is 8.74. The highest BCUT2D eigenvalue weighted by molar-refractivity contribution is 5.68. The Morgan fingerprint density at radius 1 is 1.22 bits per heavy atom. The SMILES string of the molecule is Cc1nc(N)ccc1-c1ccc2c(c1)CCCO2. The number of pyridine rings is 1. The number of aromatic nitrogens is 1. The third-order valence-electron chi connectivity index (χ3n) is 3.33. The summed E-state index contributed by atoms with van der Waals surface area (Å²) in [6.45, 7) is 2.82. The molecule has 0 radical (unpaired) electrons. The van der Waals surface area contributed by atoms with Gasteiger partial charge in [-0.15, -0.1) is 0 Å². The van der Waals surface area contributed by atoms with E-state index in [9.17, 15) is 0 Å². The van der Waals surface area contributed by atoms with Crippen LogP contribution in [0.2, 0.25) is 0 Å². The molecule has 0 amide bonds. The minimum absolute atomic E-state index is 0.567. The highest BCUT2D eigenvalue weighted by Gasteiger charge is 2.12. The van der Waals surface area contributed by atoms with Gasteiger partial charge in [-0.25, -0.2) is 4.98 Å². The lowest BCUT2D eigenvalue weighted by Crippen LogP contribution is -2.08. The first-order valence-electron chi connectivity index (χ1n) is 6.23. The second kappa shape index (κ2) is 4.33. The average molecular weight is 240 g/mol. The zero-order valence-corrected chi connectivity index (χ0v) is 10.4. The van der Waals surface area contributed by atoms with E-state index in [1.54, 1.807) is 0 Å². The fourth-order valence-corrected chi connectivity index (χ4v) is 2.41. The van der Waals surface area contributed by atoms with Gasteiger partial charge >= 0.3 is 0 Å². The number of anilines is 1. The summed E-state index contributed by atoms with van der Waals surface area (Å²) < 4.78 is 5.63. The third-order valence-corrected chi connectivity index (χ3v) is 3.33. The van der Waals surface area contributed by atoms with Crippen molar-refractivity contribution in [2.75, 3.05) is 12.3 Å². The molecule has 92 valence electrons. The van der Waals surface area contributed by atoms with Crippen molar-refractivity contribution in [2.24, 2.45) is 0 Å². The molecule has 0 atom stereocenters. The molecule has 0 unspecified atom stereocenters. The molecule has 1 aliphatic heterocycles. The Morgan fingerprint density at radius 2 is 2.11 bits per heavy atom. The molecule has 0 spiro atoms. The molecule has 3 nitrogen and oxygen atoms in total. The van der Waals surface area contributed by atoms with Crippen molar-refractivity contribution in [1.29, 1.82) is 0 Å². The summed E-state index contributed by atoms with van der Waals surface area (Å²) in [5.41, 5.74) is 10.3. The van der Waals surface area contributed by atoms with Gasteiger partial charge in [0.1, 0.15) is 11.6 Å². The number of hydrogen-bond acceptors (Lipinski definition) is 3. The van der Waals surface area contributed by atoms with Crippen molar-refractivity contribution in [2.45, 2.75) is 19.8 Å². The molecule has 3 heteroatoms. The fourth-order valence-electron chi connectivity index (χ4n) is 2.41. The van der Waals surface area contributed by atoms with E-state index in [1.807, 2.05) is 19.1 Å². The van der Waals surface area contributed by atoms with E-state index in [4.69, 9.17) is 10.5 Å². The van der Waals surface area contributed by atoms with Crippen molar-refractivity contribution in [3.8, 4) is 16.9 Å². The second-order valence-electron chi connectivity index (χ2n) is 4.64. The number of rotatable bonds is 1.